The summed E-state index contributed by atoms with van der Waals surface area (Å²) in [6, 6.07) is 4.11. The first-order valence-corrected chi connectivity index (χ1v) is 5.69. The molecule has 0 spiro atoms. The van der Waals surface area contributed by atoms with E-state index in [2.05, 4.69) is 33.8 Å². The fourth-order valence-corrected chi connectivity index (χ4v) is 2.28. The summed E-state index contributed by atoms with van der Waals surface area (Å²) in [5.41, 5.74) is 2.34. The van der Waals surface area contributed by atoms with Crippen LogP contribution >= 0.6 is 15.9 Å². The lowest BCUT2D eigenvalue weighted by Gasteiger charge is -2.11. The Morgan fingerprint density at radius 3 is 2.67 bits per heavy atom. The number of rotatable bonds is 5. The van der Waals surface area contributed by atoms with E-state index in [1.807, 2.05) is 6.07 Å². The van der Waals surface area contributed by atoms with E-state index in [0.29, 0.717) is 6.61 Å². The molecule has 4 heteroatoms. The highest BCUT2D eigenvalue weighted by Gasteiger charge is 2.08. The Hall–Kier alpha value is -0.580. The van der Waals surface area contributed by atoms with Crippen molar-refractivity contribution < 1.29 is 9.57 Å². The van der Waals surface area contributed by atoms with Crippen molar-refractivity contribution in [2.24, 2.45) is 5.90 Å². The molecule has 0 unspecified atom stereocenters. The molecule has 15 heavy (non-hydrogen) atoms. The molecular weight excluding hydrogens is 258 g/mol. The Kier molecular flexibility index (Phi) is 5.08. The second kappa shape index (κ2) is 6.10. The van der Waals surface area contributed by atoms with E-state index in [0.717, 1.165) is 28.6 Å². The van der Waals surface area contributed by atoms with Crippen molar-refractivity contribution in [1.82, 2.24) is 0 Å². The summed E-state index contributed by atoms with van der Waals surface area (Å²) < 4.78 is 6.42. The average molecular weight is 274 g/mol. The smallest absolute Gasteiger partial charge is 0.123 e. The van der Waals surface area contributed by atoms with Gasteiger partial charge in [-0.15, -0.1) is 0 Å². The van der Waals surface area contributed by atoms with E-state index >= 15 is 0 Å². The Morgan fingerprint density at radius 1 is 1.40 bits per heavy atom. The summed E-state index contributed by atoms with van der Waals surface area (Å²) >= 11 is 3.54. The van der Waals surface area contributed by atoms with Gasteiger partial charge in [-0.25, -0.2) is 5.90 Å². The molecular formula is C11H16BrNO2. The van der Waals surface area contributed by atoms with Gasteiger partial charge in [0.2, 0.25) is 0 Å². The minimum atomic E-state index is 0.515. The number of methoxy groups -OCH3 is 1. The van der Waals surface area contributed by atoms with E-state index in [1.54, 1.807) is 7.11 Å². The van der Waals surface area contributed by atoms with Crippen LogP contribution in [0.15, 0.2) is 16.6 Å². The fourth-order valence-electron chi connectivity index (χ4n) is 1.51. The fraction of sp³-hybridized carbons (Fsp3) is 0.455. The lowest BCUT2D eigenvalue weighted by molar-refractivity contribution is 0.141. The summed E-state index contributed by atoms with van der Waals surface area (Å²) in [6.45, 7) is 2.62. The van der Waals surface area contributed by atoms with Gasteiger partial charge < -0.3 is 9.57 Å². The second-order valence-corrected chi connectivity index (χ2v) is 4.09. The summed E-state index contributed by atoms with van der Waals surface area (Å²) in [6.07, 6.45) is 1.73. The van der Waals surface area contributed by atoms with Gasteiger partial charge in [-0.3, -0.25) is 0 Å². The topological polar surface area (TPSA) is 44.5 Å². The van der Waals surface area contributed by atoms with Crippen LogP contribution in [-0.2, 0) is 17.7 Å². The molecule has 0 fully saturated rings. The maximum absolute atomic E-state index is 5.34. The highest BCUT2D eigenvalue weighted by atomic mass is 79.9. The zero-order valence-corrected chi connectivity index (χ0v) is 10.6. The minimum absolute atomic E-state index is 0.515. The lowest BCUT2D eigenvalue weighted by atomic mass is 10.1. The maximum atomic E-state index is 5.34. The van der Waals surface area contributed by atoms with Crippen molar-refractivity contribution in [1.29, 1.82) is 0 Å². The monoisotopic (exact) mass is 273 g/mol. The van der Waals surface area contributed by atoms with Gasteiger partial charge in [-0.1, -0.05) is 22.9 Å². The van der Waals surface area contributed by atoms with Gasteiger partial charge in [0.25, 0.3) is 0 Å². The second-order valence-electron chi connectivity index (χ2n) is 3.23. The zero-order valence-electron chi connectivity index (χ0n) is 9.05. The largest absolute Gasteiger partial charge is 0.496 e. The number of hydrogen-bond acceptors (Lipinski definition) is 3. The molecule has 3 nitrogen and oxygen atoms in total. The molecule has 1 aromatic rings. The molecule has 2 N–H and O–H groups in total. The molecule has 0 radical (unpaired) electrons. The van der Waals surface area contributed by atoms with Crippen LogP contribution in [0.2, 0.25) is 0 Å². The van der Waals surface area contributed by atoms with E-state index in [9.17, 15) is 0 Å². The number of hydrogen-bond donors (Lipinski definition) is 1. The molecule has 0 atom stereocenters. The van der Waals surface area contributed by atoms with E-state index in [1.165, 1.54) is 5.56 Å². The maximum Gasteiger partial charge on any atom is 0.123 e. The first kappa shape index (κ1) is 12.5. The molecule has 0 amide bonds. The minimum Gasteiger partial charge on any atom is -0.496 e. The van der Waals surface area contributed by atoms with Crippen LogP contribution in [0, 0.1) is 0 Å². The van der Waals surface area contributed by atoms with Crippen LogP contribution < -0.4 is 10.6 Å². The third-order valence-electron chi connectivity index (χ3n) is 2.30. The molecule has 1 rings (SSSR count). The van der Waals surface area contributed by atoms with Gasteiger partial charge in [0, 0.05) is 10.0 Å². The number of halogens is 1. The molecule has 0 bridgehead atoms. The number of benzene rings is 1. The highest BCUT2D eigenvalue weighted by molar-refractivity contribution is 9.10. The van der Waals surface area contributed by atoms with Crippen molar-refractivity contribution in [3.05, 3.63) is 27.7 Å². The first-order chi connectivity index (χ1) is 7.22. The van der Waals surface area contributed by atoms with E-state index in [4.69, 9.17) is 10.6 Å². The number of nitrogens with two attached hydrogens (primary N) is 1. The Labute approximate surface area is 98.6 Å². The number of ether oxygens (including phenoxy) is 1. The third-order valence-corrected chi connectivity index (χ3v) is 3.00. The van der Waals surface area contributed by atoms with Gasteiger partial charge in [0.05, 0.1) is 13.7 Å². The van der Waals surface area contributed by atoms with Crippen LogP contribution in [0.5, 0.6) is 5.75 Å². The van der Waals surface area contributed by atoms with Crippen LogP contribution in [0.1, 0.15) is 18.1 Å². The predicted molar refractivity (Wildman–Crippen MR) is 63.9 cm³/mol. The molecule has 0 aliphatic carbocycles. The van der Waals surface area contributed by atoms with Gasteiger partial charge in [0.15, 0.2) is 0 Å². The highest BCUT2D eigenvalue weighted by Crippen LogP contribution is 2.29. The average Bonchev–Trinajstić information content (AvgIpc) is 2.25. The zero-order chi connectivity index (χ0) is 11.3. The Morgan fingerprint density at radius 2 is 2.13 bits per heavy atom. The molecule has 0 saturated carbocycles. The van der Waals surface area contributed by atoms with Crippen molar-refractivity contribution in [2.45, 2.75) is 19.8 Å². The molecule has 84 valence electrons. The summed E-state index contributed by atoms with van der Waals surface area (Å²) in [7, 11) is 1.68. The van der Waals surface area contributed by atoms with Crippen molar-refractivity contribution in [2.75, 3.05) is 13.7 Å². The summed E-state index contributed by atoms with van der Waals surface area (Å²) in [5, 5.41) is 0. The van der Waals surface area contributed by atoms with Crippen LogP contribution in [0.3, 0.4) is 0 Å². The van der Waals surface area contributed by atoms with Gasteiger partial charge in [0.1, 0.15) is 5.75 Å². The van der Waals surface area contributed by atoms with Gasteiger partial charge >= 0.3 is 0 Å². The van der Waals surface area contributed by atoms with Crippen molar-refractivity contribution >= 4 is 15.9 Å². The lowest BCUT2D eigenvalue weighted by Crippen LogP contribution is -2.04. The summed E-state index contributed by atoms with van der Waals surface area (Å²) in [4.78, 5) is 4.56. The molecule has 1 aromatic carbocycles. The SMILES string of the molecule is CCc1c(Br)cc(CCON)cc1OC. The quantitative estimate of drug-likeness (QED) is 0.839. The molecule has 0 aromatic heterocycles. The molecule has 0 aliphatic heterocycles. The van der Waals surface area contributed by atoms with Crippen LogP contribution in [0.4, 0.5) is 0 Å². The van der Waals surface area contributed by atoms with Crippen molar-refractivity contribution in [3.8, 4) is 5.75 Å². The molecule has 0 saturated heterocycles. The van der Waals surface area contributed by atoms with Crippen LogP contribution in [0.25, 0.3) is 0 Å². The van der Waals surface area contributed by atoms with E-state index in [-0.39, 0.29) is 0 Å². The standard InChI is InChI=1S/C11H16BrNO2/c1-3-9-10(12)6-8(4-5-15-13)7-11(9)14-2/h6-7H,3-5,13H2,1-2H3. The Bertz CT molecular complexity index is 329. The molecule has 0 heterocycles. The summed E-state index contributed by atoms with van der Waals surface area (Å²) in [5.74, 6) is 5.91. The van der Waals surface area contributed by atoms with Gasteiger partial charge in [-0.2, -0.15) is 0 Å². The normalized spacial score (nSPS) is 10.4. The van der Waals surface area contributed by atoms with Crippen molar-refractivity contribution in [3.63, 3.8) is 0 Å². The first-order valence-electron chi connectivity index (χ1n) is 4.89. The third kappa shape index (κ3) is 3.19. The van der Waals surface area contributed by atoms with Crippen LogP contribution in [-0.4, -0.2) is 13.7 Å². The van der Waals surface area contributed by atoms with E-state index < -0.39 is 0 Å². The Balaban J connectivity index is 2.97. The molecule has 0 aliphatic rings. The van der Waals surface area contributed by atoms with Gasteiger partial charge in [-0.05, 0) is 30.5 Å². The predicted octanol–water partition coefficient (Wildman–Crippen LogP) is 2.45.